The molecule has 0 aliphatic carbocycles. The van der Waals surface area contributed by atoms with Crippen molar-refractivity contribution in [2.24, 2.45) is 5.10 Å². The van der Waals surface area contributed by atoms with Gasteiger partial charge >= 0.3 is 17.8 Å². The van der Waals surface area contributed by atoms with Crippen LogP contribution in [0, 0.1) is 0 Å². The number of rotatable bonds is 4. The van der Waals surface area contributed by atoms with E-state index < -0.39 is 22.6 Å². The van der Waals surface area contributed by atoms with E-state index in [0.717, 1.165) is 5.71 Å². The number of quaternary nitrogens is 1. The number of benzene rings is 1. The third kappa shape index (κ3) is 3.18. The maximum atomic E-state index is 11.9. The van der Waals surface area contributed by atoms with Gasteiger partial charge < -0.3 is 0 Å². The van der Waals surface area contributed by atoms with Crippen LogP contribution in [0.2, 0.25) is 0 Å². The first-order valence-electron chi connectivity index (χ1n) is 6.62. The SMILES string of the molecule is CC(C)=NNc1ccc(C(=O)O[N+]2(O)C(=O)CCC2=O)cc1. The molecule has 2 N–H and O–H groups in total. The molecule has 0 atom stereocenters. The summed E-state index contributed by atoms with van der Waals surface area (Å²) in [5, 5.41) is 13.8. The van der Waals surface area contributed by atoms with Crippen molar-refractivity contribution in [2.45, 2.75) is 26.7 Å². The number of carbonyl (C=O) groups excluding carboxylic acids is 3. The van der Waals surface area contributed by atoms with Crippen LogP contribution in [-0.2, 0) is 14.4 Å². The molecule has 1 heterocycles. The predicted octanol–water partition coefficient (Wildman–Crippen LogP) is 1.62. The molecule has 2 amide bonds. The number of carbonyl (C=O) groups is 3. The lowest BCUT2D eigenvalue weighted by Gasteiger charge is -2.15. The number of imide groups is 1. The molecule has 22 heavy (non-hydrogen) atoms. The van der Waals surface area contributed by atoms with Crippen LogP contribution in [0.25, 0.3) is 0 Å². The molecular formula is C14H16N3O5+. The zero-order valence-corrected chi connectivity index (χ0v) is 12.2. The first-order valence-corrected chi connectivity index (χ1v) is 6.62. The van der Waals surface area contributed by atoms with E-state index in [2.05, 4.69) is 15.4 Å². The second-order valence-corrected chi connectivity index (χ2v) is 4.99. The van der Waals surface area contributed by atoms with Gasteiger partial charge in [-0.2, -0.15) is 10.3 Å². The van der Waals surface area contributed by atoms with Crippen molar-refractivity contribution in [3.63, 3.8) is 0 Å². The fourth-order valence-corrected chi connectivity index (χ4v) is 1.79. The molecule has 1 saturated heterocycles. The normalized spacial score (nSPS) is 16.3. The topological polar surface area (TPSA) is 105 Å². The van der Waals surface area contributed by atoms with Gasteiger partial charge in [0.2, 0.25) is 0 Å². The van der Waals surface area contributed by atoms with Gasteiger partial charge in [0.25, 0.3) is 0 Å². The highest BCUT2D eigenvalue weighted by molar-refractivity contribution is 5.94. The Morgan fingerprint density at radius 1 is 1.18 bits per heavy atom. The summed E-state index contributed by atoms with van der Waals surface area (Å²) in [4.78, 5) is 37.6. The van der Waals surface area contributed by atoms with Crippen LogP contribution >= 0.6 is 0 Å². The van der Waals surface area contributed by atoms with E-state index in [1.54, 1.807) is 12.1 Å². The highest BCUT2D eigenvalue weighted by atomic mass is 17.0. The van der Waals surface area contributed by atoms with Gasteiger partial charge in [0.05, 0.1) is 24.1 Å². The average molecular weight is 306 g/mol. The molecule has 0 bridgehead atoms. The Morgan fingerprint density at radius 3 is 2.23 bits per heavy atom. The predicted molar refractivity (Wildman–Crippen MR) is 75.6 cm³/mol. The number of nitrogens with one attached hydrogen (secondary N) is 1. The summed E-state index contributed by atoms with van der Waals surface area (Å²) in [6.45, 7) is 3.65. The molecule has 1 aromatic carbocycles. The van der Waals surface area contributed by atoms with Crippen LogP contribution in [0.4, 0.5) is 5.69 Å². The molecule has 1 fully saturated rings. The monoisotopic (exact) mass is 306 g/mol. The van der Waals surface area contributed by atoms with Crippen LogP contribution in [0.1, 0.15) is 37.0 Å². The van der Waals surface area contributed by atoms with Gasteiger partial charge in [-0.25, -0.2) is 19.2 Å². The average Bonchev–Trinajstić information content (AvgIpc) is 2.73. The molecule has 0 aromatic heterocycles. The number of hydrazone groups is 1. The van der Waals surface area contributed by atoms with Gasteiger partial charge in [-0.3, -0.25) is 5.43 Å². The molecule has 0 radical (unpaired) electrons. The van der Waals surface area contributed by atoms with E-state index >= 15 is 0 Å². The maximum Gasteiger partial charge on any atom is 0.403 e. The first-order chi connectivity index (χ1) is 10.3. The summed E-state index contributed by atoms with van der Waals surface area (Å²) in [6, 6.07) is 6.03. The highest BCUT2D eigenvalue weighted by Gasteiger charge is 2.55. The van der Waals surface area contributed by atoms with Crippen LogP contribution in [0.3, 0.4) is 0 Å². The van der Waals surface area contributed by atoms with Crippen molar-refractivity contribution in [1.29, 1.82) is 0 Å². The standard InChI is InChI=1S/C14H15N3O5/c1-9(2)15-16-11-5-3-10(4-6-11)14(20)22-17(21)12(18)7-8-13(17)19/h3-6,21H,7-8H2,1-2H3/p+1. The number of hydrogen-bond acceptors (Lipinski definition) is 7. The van der Waals surface area contributed by atoms with Gasteiger partial charge in [0.15, 0.2) is 0 Å². The van der Waals surface area contributed by atoms with Crippen molar-refractivity contribution in [2.75, 3.05) is 5.43 Å². The van der Waals surface area contributed by atoms with Crippen LogP contribution < -0.4 is 5.43 Å². The lowest BCUT2D eigenvalue weighted by Crippen LogP contribution is -2.50. The minimum Gasteiger partial charge on any atom is -0.279 e. The maximum absolute atomic E-state index is 11.9. The van der Waals surface area contributed by atoms with E-state index in [0.29, 0.717) is 5.69 Å². The number of hydrogen-bond donors (Lipinski definition) is 2. The third-order valence-corrected chi connectivity index (χ3v) is 2.97. The molecule has 1 aliphatic rings. The quantitative estimate of drug-likeness (QED) is 0.288. The first kappa shape index (κ1) is 15.8. The van der Waals surface area contributed by atoms with E-state index in [4.69, 9.17) is 0 Å². The summed E-state index contributed by atoms with van der Waals surface area (Å²) in [6.07, 6.45) is -0.306. The smallest absolute Gasteiger partial charge is 0.279 e. The number of anilines is 1. The molecule has 1 aromatic rings. The molecule has 1 aliphatic heterocycles. The van der Waals surface area contributed by atoms with Crippen LogP contribution in [-0.4, -0.2) is 33.5 Å². The molecule has 0 saturated carbocycles. The van der Waals surface area contributed by atoms with Gasteiger partial charge in [0.1, 0.15) is 4.81 Å². The summed E-state index contributed by atoms with van der Waals surface area (Å²) >= 11 is 0. The Kier molecular flexibility index (Phi) is 4.34. The minimum atomic E-state index is -1.92. The van der Waals surface area contributed by atoms with E-state index in [9.17, 15) is 19.6 Å². The number of amides is 2. The summed E-state index contributed by atoms with van der Waals surface area (Å²) in [5.41, 5.74) is 4.36. The fraction of sp³-hybridized carbons (Fsp3) is 0.286. The Hall–Kier alpha value is -2.58. The second-order valence-electron chi connectivity index (χ2n) is 4.99. The van der Waals surface area contributed by atoms with E-state index in [1.165, 1.54) is 12.1 Å². The summed E-state index contributed by atoms with van der Waals surface area (Å²) < 4.78 is 0. The largest absolute Gasteiger partial charge is 0.403 e. The van der Waals surface area contributed by atoms with Crippen molar-refractivity contribution in [3.8, 4) is 0 Å². The van der Waals surface area contributed by atoms with E-state index in [-0.39, 0.29) is 18.4 Å². The molecular weight excluding hydrogens is 290 g/mol. The number of hydroxylamine groups is 4. The van der Waals surface area contributed by atoms with Gasteiger partial charge in [-0.05, 0) is 38.1 Å². The third-order valence-electron chi connectivity index (χ3n) is 2.97. The fourth-order valence-electron chi connectivity index (χ4n) is 1.79. The Morgan fingerprint density at radius 2 is 1.73 bits per heavy atom. The molecule has 8 nitrogen and oxygen atoms in total. The zero-order valence-electron chi connectivity index (χ0n) is 12.2. The lowest BCUT2D eigenvalue weighted by atomic mass is 10.2. The molecule has 0 spiro atoms. The van der Waals surface area contributed by atoms with Crippen LogP contribution in [0.5, 0.6) is 0 Å². The Bertz CT molecular complexity index is 631. The van der Waals surface area contributed by atoms with E-state index in [1.807, 2.05) is 13.8 Å². The van der Waals surface area contributed by atoms with Crippen molar-refractivity contribution in [3.05, 3.63) is 29.8 Å². The Labute approximate surface area is 126 Å². The van der Waals surface area contributed by atoms with Gasteiger partial charge in [0, 0.05) is 5.71 Å². The molecule has 0 unspecified atom stereocenters. The molecule has 2 rings (SSSR count). The Balaban J connectivity index is 2.09. The van der Waals surface area contributed by atoms with Gasteiger partial charge in [-0.1, -0.05) is 0 Å². The second kappa shape index (κ2) is 6.04. The summed E-state index contributed by atoms with van der Waals surface area (Å²) in [5.74, 6) is -2.68. The molecule has 8 heteroatoms. The molecule has 116 valence electrons. The lowest BCUT2D eigenvalue weighted by molar-refractivity contribution is -1.12. The zero-order chi connectivity index (χ0) is 16.3. The minimum absolute atomic E-state index is 0.0989. The van der Waals surface area contributed by atoms with Crippen molar-refractivity contribution >= 4 is 29.2 Å². The highest BCUT2D eigenvalue weighted by Crippen LogP contribution is 2.22. The van der Waals surface area contributed by atoms with Crippen LogP contribution in [0.15, 0.2) is 29.4 Å². The van der Waals surface area contributed by atoms with Gasteiger partial charge in [-0.15, -0.1) is 0 Å². The van der Waals surface area contributed by atoms with Crippen molar-refractivity contribution in [1.82, 2.24) is 0 Å². The number of nitrogens with zero attached hydrogens (tertiary/aromatic N) is 2. The summed E-state index contributed by atoms with van der Waals surface area (Å²) in [7, 11) is 0. The van der Waals surface area contributed by atoms with Crippen molar-refractivity contribution < 1.29 is 29.2 Å².